The zero-order valence-corrected chi connectivity index (χ0v) is 12.2. The van der Waals surface area contributed by atoms with E-state index in [-0.39, 0.29) is 11.8 Å². The molecule has 1 N–H and O–H groups in total. The fourth-order valence-corrected chi connectivity index (χ4v) is 2.89. The van der Waals surface area contributed by atoms with Crippen LogP contribution in [-0.4, -0.2) is 27.4 Å². The van der Waals surface area contributed by atoms with Crippen molar-refractivity contribution in [3.63, 3.8) is 0 Å². The molecule has 0 aromatic carbocycles. The number of carbonyl (C=O) groups excluding carboxylic acids is 1. The second kappa shape index (κ2) is 5.92. The summed E-state index contributed by atoms with van der Waals surface area (Å²) < 4.78 is 6.98. The van der Waals surface area contributed by atoms with Gasteiger partial charge in [0.05, 0.1) is 18.4 Å². The Labute approximate surface area is 125 Å². The quantitative estimate of drug-likeness (QED) is 0.782. The lowest BCUT2D eigenvalue weighted by Crippen LogP contribution is -2.28. The second-order valence-corrected chi connectivity index (χ2v) is 5.55. The van der Waals surface area contributed by atoms with Crippen LogP contribution in [0.2, 0.25) is 0 Å². The van der Waals surface area contributed by atoms with Gasteiger partial charge in [0.15, 0.2) is 5.69 Å². The molecule has 108 valence electrons. The minimum atomic E-state index is -0.240. The van der Waals surface area contributed by atoms with Crippen LogP contribution in [0.1, 0.15) is 27.0 Å². The molecule has 3 aromatic heterocycles. The third kappa shape index (κ3) is 3.03. The van der Waals surface area contributed by atoms with Gasteiger partial charge < -0.3 is 9.73 Å². The van der Waals surface area contributed by atoms with Gasteiger partial charge in [-0.2, -0.15) is 0 Å². The summed E-state index contributed by atoms with van der Waals surface area (Å²) in [6, 6.07) is 7.78. The number of hydrogen-bond acceptors (Lipinski definition) is 5. The van der Waals surface area contributed by atoms with E-state index < -0.39 is 0 Å². The number of aromatic nitrogens is 3. The smallest absolute Gasteiger partial charge is 0.273 e. The van der Waals surface area contributed by atoms with E-state index in [1.165, 1.54) is 4.68 Å². The monoisotopic (exact) mass is 302 g/mol. The van der Waals surface area contributed by atoms with Crippen molar-refractivity contribution in [3.8, 4) is 0 Å². The predicted molar refractivity (Wildman–Crippen MR) is 78.2 cm³/mol. The Balaban J connectivity index is 1.72. The van der Waals surface area contributed by atoms with Crippen molar-refractivity contribution in [2.45, 2.75) is 5.92 Å². The van der Waals surface area contributed by atoms with E-state index in [9.17, 15) is 4.79 Å². The molecule has 0 fully saturated rings. The van der Waals surface area contributed by atoms with Crippen LogP contribution < -0.4 is 5.32 Å². The number of carbonyl (C=O) groups is 1. The first kappa shape index (κ1) is 13.6. The lowest BCUT2D eigenvalue weighted by Gasteiger charge is -2.13. The minimum Gasteiger partial charge on any atom is -0.469 e. The SMILES string of the molecule is Cn1cc(C(=O)NC[C@H](c2ccco2)c2cccs2)nn1. The molecule has 0 radical (unpaired) electrons. The summed E-state index contributed by atoms with van der Waals surface area (Å²) in [4.78, 5) is 13.2. The molecule has 0 aliphatic carbocycles. The first-order valence-electron chi connectivity index (χ1n) is 6.45. The van der Waals surface area contributed by atoms with E-state index in [0.29, 0.717) is 12.2 Å². The molecule has 6 nitrogen and oxygen atoms in total. The maximum absolute atomic E-state index is 12.0. The van der Waals surface area contributed by atoms with Crippen LogP contribution in [0.5, 0.6) is 0 Å². The largest absolute Gasteiger partial charge is 0.469 e. The first-order chi connectivity index (χ1) is 10.2. The average molecular weight is 302 g/mol. The number of thiophene rings is 1. The maximum Gasteiger partial charge on any atom is 0.273 e. The lowest BCUT2D eigenvalue weighted by molar-refractivity contribution is 0.0947. The minimum absolute atomic E-state index is 0.000575. The summed E-state index contributed by atoms with van der Waals surface area (Å²) in [5, 5.41) is 12.4. The van der Waals surface area contributed by atoms with Crippen molar-refractivity contribution >= 4 is 17.2 Å². The number of nitrogens with one attached hydrogen (secondary N) is 1. The van der Waals surface area contributed by atoms with Crippen LogP contribution in [0.25, 0.3) is 0 Å². The maximum atomic E-state index is 12.0. The van der Waals surface area contributed by atoms with Crippen LogP contribution in [0.15, 0.2) is 46.5 Å². The standard InChI is InChI=1S/C14H14N4O2S/c1-18-9-11(16-17-18)14(19)15-8-10(12-4-2-6-20-12)13-5-3-7-21-13/h2-7,9-10H,8H2,1H3,(H,15,19)/t10-/m1/s1. The van der Waals surface area contributed by atoms with E-state index in [2.05, 4.69) is 15.6 Å². The molecule has 3 aromatic rings. The van der Waals surface area contributed by atoms with E-state index in [4.69, 9.17) is 4.42 Å². The van der Waals surface area contributed by atoms with E-state index in [1.54, 1.807) is 30.8 Å². The van der Waals surface area contributed by atoms with Gasteiger partial charge in [0.2, 0.25) is 0 Å². The van der Waals surface area contributed by atoms with Crippen molar-refractivity contribution in [2.24, 2.45) is 7.05 Å². The number of aryl methyl sites for hydroxylation is 1. The van der Waals surface area contributed by atoms with Crippen molar-refractivity contribution in [3.05, 3.63) is 58.4 Å². The Morgan fingerprint density at radius 2 is 2.38 bits per heavy atom. The number of rotatable bonds is 5. The predicted octanol–water partition coefficient (Wildman–Crippen LogP) is 2.03. The number of amides is 1. The zero-order chi connectivity index (χ0) is 14.7. The Hall–Kier alpha value is -2.41. The Kier molecular flexibility index (Phi) is 3.83. The molecule has 3 rings (SSSR count). The van der Waals surface area contributed by atoms with Crippen molar-refractivity contribution in [2.75, 3.05) is 6.54 Å². The molecule has 1 amide bonds. The number of furan rings is 1. The fourth-order valence-electron chi connectivity index (χ4n) is 2.06. The highest BCUT2D eigenvalue weighted by Gasteiger charge is 2.20. The van der Waals surface area contributed by atoms with Crippen LogP contribution in [0, 0.1) is 0 Å². The molecule has 0 spiro atoms. The van der Waals surface area contributed by atoms with Crippen LogP contribution >= 0.6 is 11.3 Å². The van der Waals surface area contributed by atoms with Crippen LogP contribution in [-0.2, 0) is 7.05 Å². The highest BCUT2D eigenvalue weighted by atomic mass is 32.1. The van der Waals surface area contributed by atoms with E-state index >= 15 is 0 Å². The summed E-state index contributed by atoms with van der Waals surface area (Å²) >= 11 is 1.64. The molecule has 3 heterocycles. The molecule has 0 aliphatic rings. The summed E-state index contributed by atoms with van der Waals surface area (Å²) in [6.07, 6.45) is 3.23. The average Bonchev–Trinajstić information content (AvgIpc) is 3.21. The van der Waals surface area contributed by atoms with Gasteiger partial charge in [0, 0.05) is 18.5 Å². The molecule has 1 atom stereocenters. The molecule has 0 saturated carbocycles. The van der Waals surface area contributed by atoms with Crippen molar-refractivity contribution in [1.29, 1.82) is 0 Å². The molecule has 0 unspecified atom stereocenters. The van der Waals surface area contributed by atoms with Gasteiger partial charge in [-0.1, -0.05) is 11.3 Å². The van der Waals surface area contributed by atoms with Gasteiger partial charge in [0.1, 0.15) is 5.76 Å². The Morgan fingerprint density at radius 3 is 3.00 bits per heavy atom. The highest BCUT2D eigenvalue weighted by molar-refractivity contribution is 7.10. The third-order valence-corrected chi connectivity index (χ3v) is 4.06. The van der Waals surface area contributed by atoms with Gasteiger partial charge >= 0.3 is 0 Å². The summed E-state index contributed by atoms with van der Waals surface area (Å²) in [5.41, 5.74) is 0.307. The summed E-state index contributed by atoms with van der Waals surface area (Å²) in [7, 11) is 1.72. The normalized spacial score (nSPS) is 12.2. The van der Waals surface area contributed by atoms with Gasteiger partial charge in [0.25, 0.3) is 5.91 Å². The highest BCUT2D eigenvalue weighted by Crippen LogP contribution is 2.28. The van der Waals surface area contributed by atoms with Gasteiger partial charge in [-0.3, -0.25) is 9.48 Å². The fraction of sp³-hybridized carbons (Fsp3) is 0.214. The Morgan fingerprint density at radius 1 is 1.48 bits per heavy atom. The molecular formula is C14H14N4O2S. The van der Waals surface area contributed by atoms with E-state index in [0.717, 1.165) is 10.6 Å². The molecule has 21 heavy (non-hydrogen) atoms. The van der Waals surface area contributed by atoms with Crippen molar-refractivity contribution < 1.29 is 9.21 Å². The first-order valence-corrected chi connectivity index (χ1v) is 7.33. The second-order valence-electron chi connectivity index (χ2n) is 4.57. The molecule has 7 heteroatoms. The van der Waals surface area contributed by atoms with Crippen molar-refractivity contribution in [1.82, 2.24) is 20.3 Å². The Bertz CT molecular complexity index is 669. The summed E-state index contributed by atoms with van der Waals surface area (Å²) in [5.74, 6) is 0.591. The molecule has 0 aliphatic heterocycles. The molecular weight excluding hydrogens is 288 g/mol. The zero-order valence-electron chi connectivity index (χ0n) is 11.4. The number of nitrogens with zero attached hydrogens (tertiary/aromatic N) is 3. The third-order valence-electron chi connectivity index (χ3n) is 3.08. The lowest BCUT2D eigenvalue weighted by atomic mass is 10.0. The van der Waals surface area contributed by atoms with Gasteiger partial charge in [-0.05, 0) is 23.6 Å². The van der Waals surface area contributed by atoms with Crippen LogP contribution in [0.3, 0.4) is 0 Å². The number of hydrogen-bond donors (Lipinski definition) is 1. The topological polar surface area (TPSA) is 73.0 Å². The molecule has 0 bridgehead atoms. The van der Waals surface area contributed by atoms with Gasteiger partial charge in [-0.25, -0.2) is 0 Å². The van der Waals surface area contributed by atoms with Crippen LogP contribution in [0.4, 0.5) is 0 Å². The van der Waals surface area contributed by atoms with Gasteiger partial charge in [-0.15, -0.1) is 16.4 Å². The van der Waals surface area contributed by atoms with E-state index in [1.807, 2.05) is 29.6 Å². The summed E-state index contributed by atoms with van der Waals surface area (Å²) in [6.45, 7) is 0.448. The molecule has 0 saturated heterocycles.